The maximum absolute atomic E-state index is 13.3. The number of amides is 1. The van der Waals surface area contributed by atoms with Crippen LogP contribution in [-0.4, -0.2) is 58.7 Å². The maximum atomic E-state index is 13.3. The monoisotopic (exact) mass is 399 g/mol. The number of ether oxygens (including phenoxy) is 1. The highest BCUT2D eigenvalue weighted by molar-refractivity contribution is 7.80. The zero-order valence-corrected chi connectivity index (χ0v) is 16.9. The average Bonchev–Trinajstić information content (AvgIpc) is 2.66. The zero-order valence-electron chi connectivity index (χ0n) is 15.3. The van der Waals surface area contributed by atoms with Crippen LogP contribution in [0.4, 0.5) is 0 Å². The summed E-state index contributed by atoms with van der Waals surface area (Å²) in [7, 11) is 2.21. The van der Waals surface area contributed by atoms with E-state index in [1.165, 1.54) is 4.90 Å². The lowest BCUT2D eigenvalue weighted by molar-refractivity contribution is -0.132. The Morgan fingerprint density at radius 2 is 1.96 bits per heavy atom. The summed E-state index contributed by atoms with van der Waals surface area (Å²) in [4.78, 5) is 14.7. The van der Waals surface area contributed by atoms with Gasteiger partial charge in [0.25, 0.3) is 0 Å². The number of nitrogens with one attached hydrogen (secondary N) is 1. The van der Waals surface area contributed by atoms with Crippen LogP contribution in [0.2, 0.25) is 0 Å². The fourth-order valence-corrected chi connectivity index (χ4v) is 3.20. The van der Waals surface area contributed by atoms with Crippen LogP contribution >= 0.6 is 12.2 Å². The highest BCUT2D eigenvalue weighted by Crippen LogP contribution is 2.33. The topological polar surface area (TPSA) is 88.1 Å². The quantitative estimate of drug-likeness (QED) is 0.503. The Morgan fingerprint density at radius 3 is 2.50 bits per heavy atom. The predicted octanol–water partition coefficient (Wildman–Crippen LogP) is 1.77. The van der Waals surface area contributed by atoms with Gasteiger partial charge in [-0.05, 0) is 37.0 Å². The molecule has 0 heterocycles. The van der Waals surface area contributed by atoms with E-state index in [0.29, 0.717) is 25.0 Å². The normalized spacial score (nSPS) is 12.7. The van der Waals surface area contributed by atoms with Gasteiger partial charge in [0.2, 0.25) is 5.91 Å². The number of rotatable bonds is 9. The van der Waals surface area contributed by atoms with Gasteiger partial charge in [-0.15, -0.1) is 0 Å². The Bertz CT molecular complexity index is 730. The van der Waals surface area contributed by atoms with Crippen molar-refractivity contribution in [2.24, 2.45) is 4.36 Å². The summed E-state index contributed by atoms with van der Waals surface area (Å²) in [6.45, 7) is 0.393. The van der Waals surface area contributed by atoms with Gasteiger partial charge in [-0.25, -0.2) is 0 Å². The first-order valence-electron chi connectivity index (χ1n) is 8.20. The maximum Gasteiger partial charge on any atom is 0.311 e. The minimum Gasteiger partial charge on any atom is -0.385 e. The van der Waals surface area contributed by atoms with E-state index in [9.17, 15) is 13.2 Å². The molecule has 0 fully saturated rings. The Balaban J connectivity index is 3.38. The molecule has 1 unspecified atom stereocenters. The van der Waals surface area contributed by atoms with E-state index in [-0.39, 0.29) is 17.6 Å². The van der Waals surface area contributed by atoms with E-state index in [1.54, 1.807) is 21.2 Å². The second-order valence-electron chi connectivity index (χ2n) is 5.82. The summed E-state index contributed by atoms with van der Waals surface area (Å²) in [6, 6.07) is 9.10. The van der Waals surface area contributed by atoms with Crippen LogP contribution in [0.1, 0.15) is 24.8 Å². The minimum atomic E-state index is -2.61. The molecule has 0 saturated heterocycles. The second-order valence-corrected chi connectivity index (χ2v) is 6.90. The number of nitrogens with zero attached hydrogens (tertiary/aromatic N) is 2. The largest absolute Gasteiger partial charge is 0.385 e. The van der Waals surface area contributed by atoms with Gasteiger partial charge in [-0.2, -0.15) is 12.8 Å². The van der Waals surface area contributed by atoms with Crippen LogP contribution in [0.25, 0.3) is 0 Å². The molecule has 0 saturated carbocycles. The van der Waals surface area contributed by atoms with Crippen molar-refractivity contribution < 1.29 is 17.9 Å². The van der Waals surface area contributed by atoms with E-state index in [0.717, 1.165) is 6.42 Å². The molecule has 1 amide bonds. The molecule has 7 nitrogen and oxygen atoms in total. The van der Waals surface area contributed by atoms with Crippen LogP contribution in [-0.2, 0) is 25.4 Å². The standard InChI is InChI=1S/C17H25N3O4S2/c1-18-16(25)20(2)15(21)17(13-19-26(22)23,11-7-8-12-24-3)14-9-5-4-6-10-14/h4-6,9-10H,7-8,11-13H2,1-3H3,(H,18,25). The number of hydrogen-bond acceptors (Lipinski definition) is 6. The number of thiocarbonyl (C=S) groups is 1. The summed E-state index contributed by atoms with van der Waals surface area (Å²) in [6.07, 6.45) is 1.85. The summed E-state index contributed by atoms with van der Waals surface area (Å²) >= 11 is 5.18. The Morgan fingerprint density at radius 1 is 1.31 bits per heavy atom. The van der Waals surface area contributed by atoms with Gasteiger partial charge in [0.15, 0.2) is 5.11 Å². The summed E-state index contributed by atoms with van der Waals surface area (Å²) in [5.41, 5.74) is -0.410. The summed E-state index contributed by atoms with van der Waals surface area (Å²) in [5, 5.41) is 3.03. The number of benzene rings is 1. The molecule has 1 atom stereocenters. The van der Waals surface area contributed by atoms with Gasteiger partial charge < -0.3 is 10.1 Å². The molecule has 0 spiro atoms. The molecule has 1 N–H and O–H groups in total. The third-order valence-electron chi connectivity index (χ3n) is 4.20. The second kappa shape index (κ2) is 11.0. The number of hydrogen-bond donors (Lipinski definition) is 1. The van der Waals surface area contributed by atoms with E-state index >= 15 is 0 Å². The van der Waals surface area contributed by atoms with Crippen LogP contribution in [0, 0.1) is 0 Å². The van der Waals surface area contributed by atoms with Crippen molar-refractivity contribution in [2.75, 3.05) is 34.4 Å². The first-order chi connectivity index (χ1) is 12.4. The van der Waals surface area contributed by atoms with Gasteiger partial charge in [-0.3, -0.25) is 9.69 Å². The predicted molar refractivity (Wildman–Crippen MR) is 104 cm³/mol. The van der Waals surface area contributed by atoms with E-state index < -0.39 is 15.9 Å². The molecule has 0 aliphatic rings. The molecular formula is C17H25N3O4S2. The number of likely N-dealkylation sites (N-methyl/N-ethyl adjacent to an activating group) is 1. The first-order valence-corrected chi connectivity index (χ1v) is 9.64. The van der Waals surface area contributed by atoms with Crippen LogP contribution < -0.4 is 5.32 Å². The van der Waals surface area contributed by atoms with Gasteiger partial charge in [-0.1, -0.05) is 30.3 Å². The van der Waals surface area contributed by atoms with Gasteiger partial charge >= 0.3 is 10.5 Å². The highest BCUT2D eigenvalue weighted by Gasteiger charge is 2.42. The van der Waals surface area contributed by atoms with Crippen molar-refractivity contribution in [3.8, 4) is 0 Å². The van der Waals surface area contributed by atoms with Crippen LogP contribution in [0.15, 0.2) is 34.7 Å². The molecule has 0 radical (unpaired) electrons. The molecule has 26 heavy (non-hydrogen) atoms. The van der Waals surface area contributed by atoms with Crippen molar-refractivity contribution >= 4 is 33.7 Å². The number of methoxy groups -OCH3 is 1. The Labute approximate surface area is 161 Å². The minimum absolute atomic E-state index is 0.171. The van der Waals surface area contributed by atoms with Crippen molar-refractivity contribution in [1.29, 1.82) is 0 Å². The lowest BCUT2D eigenvalue weighted by Crippen LogP contribution is -2.51. The van der Waals surface area contributed by atoms with Crippen molar-refractivity contribution in [3.05, 3.63) is 35.9 Å². The number of carbonyl (C=O) groups is 1. The lowest BCUT2D eigenvalue weighted by atomic mass is 9.75. The van der Waals surface area contributed by atoms with Crippen molar-refractivity contribution in [2.45, 2.75) is 24.7 Å². The number of unbranched alkanes of at least 4 members (excludes halogenated alkanes) is 1. The first kappa shape index (κ1) is 22.2. The summed E-state index contributed by atoms with van der Waals surface area (Å²) < 4.78 is 30.9. The van der Waals surface area contributed by atoms with E-state index in [4.69, 9.17) is 17.0 Å². The van der Waals surface area contributed by atoms with Crippen LogP contribution in [0.3, 0.4) is 0 Å². The number of carbonyl (C=O) groups excluding carboxylic acids is 1. The van der Waals surface area contributed by atoms with E-state index in [1.807, 2.05) is 30.3 Å². The zero-order chi connectivity index (χ0) is 19.6. The average molecular weight is 400 g/mol. The highest BCUT2D eigenvalue weighted by atomic mass is 32.2. The third kappa shape index (κ3) is 5.86. The molecule has 1 aromatic carbocycles. The van der Waals surface area contributed by atoms with Crippen molar-refractivity contribution in [1.82, 2.24) is 10.2 Å². The molecular weight excluding hydrogens is 374 g/mol. The SMILES string of the molecule is CNC(=S)N(C)C(=O)C(CCCCOC)(CN=S(=O)=O)c1ccccc1. The fourth-order valence-electron chi connectivity index (χ4n) is 2.79. The molecule has 0 aliphatic heterocycles. The fraction of sp³-hybridized carbons (Fsp3) is 0.529. The molecule has 144 valence electrons. The Hall–Kier alpha value is -1.84. The molecule has 1 aromatic rings. The third-order valence-corrected chi connectivity index (χ3v) is 5.02. The Kier molecular flexibility index (Phi) is 9.39. The summed E-state index contributed by atoms with van der Waals surface area (Å²) in [5.74, 6) is -0.297. The lowest BCUT2D eigenvalue weighted by Gasteiger charge is -2.35. The smallest absolute Gasteiger partial charge is 0.311 e. The van der Waals surface area contributed by atoms with Gasteiger partial charge in [0.1, 0.15) is 0 Å². The molecule has 1 rings (SSSR count). The molecule has 9 heteroatoms. The van der Waals surface area contributed by atoms with Gasteiger partial charge in [0.05, 0.1) is 12.0 Å². The van der Waals surface area contributed by atoms with Crippen molar-refractivity contribution in [3.63, 3.8) is 0 Å². The van der Waals surface area contributed by atoms with E-state index in [2.05, 4.69) is 9.68 Å². The molecule has 0 aliphatic carbocycles. The van der Waals surface area contributed by atoms with Gasteiger partial charge in [0, 0.05) is 27.8 Å². The molecule has 0 aromatic heterocycles. The van der Waals surface area contributed by atoms with Crippen LogP contribution in [0.5, 0.6) is 0 Å². The molecule has 0 bridgehead atoms.